The molecule has 3 rings (SSSR count). The van der Waals surface area contributed by atoms with Gasteiger partial charge in [-0.2, -0.15) is 5.10 Å². The molecule has 144 valence electrons. The molecule has 0 saturated carbocycles. The van der Waals surface area contributed by atoms with Gasteiger partial charge < -0.3 is 14.8 Å². The van der Waals surface area contributed by atoms with Crippen LogP contribution in [0.5, 0.6) is 0 Å². The quantitative estimate of drug-likeness (QED) is 0.413. The van der Waals surface area contributed by atoms with Crippen molar-refractivity contribution in [3.8, 4) is 11.3 Å². The fraction of sp³-hybridized carbons (Fsp3) is 0.125. The van der Waals surface area contributed by atoms with E-state index in [1.807, 2.05) is 0 Å². The van der Waals surface area contributed by atoms with Crippen molar-refractivity contribution in [1.82, 2.24) is 5.32 Å². The smallest absolute Gasteiger partial charge is 0.305 e. The number of carboxylic acid groups (broad SMARTS) is 1. The average molecular weight is 423 g/mol. The summed E-state index contributed by atoms with van der Waals surface area (Å²) in [7, 11) is 0. The molecule has 0 unspecified atom stereocenters. The molecule has 1 amide bonds. The highest BCUT2D eigenvalue weighted by molar-refractivity contribution is 8.15. The number of nitro groups is 1. The predicted molar refractivity (Wildman–Crippen MR) is 103 cm³/mol. The number of thioether (sulfide) groups is 1. The number of nitrogens with zero attached hydrogens (tertiary/aromatic N) is 3. The highest BCUT2D eigenvalue weighted by atomic mass is 35.5. The van der Waals surface area contributed by atoms with E-state index < -0.39 is 22.0 Å². The van der Waals surface area contributed by atoms with Crippen LogP contribution in [0.4, 0.5) is 5.69 Å². The number of amidine groups is 1. The zero-order chi connectivity index (χ0) is 20.3. The number of benzene rings is 1. The predicted octanol–water partition coefficient (Wildman–Crippen LogP) is 2.90. The Kier molecular flexibility index (Phi) is 5.76. The number of carboxylic acids is 1. The lowest BCUT2D eigenvalue weighted by atomic mass is 10.1. The number of hydrogen-bond acceptors (Lipinski definition) is 8. The van der Waals surface area contributed by atoms with Gasteiger partial charge in [0, 0.05) is 17.7 Å². The van der Waals surface area contributed by atoms with Crippen molar-refractivity contribution >= 4 is 52.3 Å². The summed E-state index contributed by atoms with van der Waals surface area (Å²) in [6.45, 7) is 0. The highest BCUT2D eigenvalue weighted by Gasteiger charge is 2.32. The van der Waals surface area contributed by atoms with Crippen LogP contribution in [0.15, 0.2) is 45.0 Å². The third kappa shape index (κ3) is 4.56. The Labute approximate surface area is 166 Å². The Balaban J connectivity index is 1.69. The number of amides is 1. The van der Waals surface area contributed by atoms with E-state index in [9.17, 15) is 19.7 Å². The molecule has 28 heavy (non-hydrogen) atoms. The molecule has 12 heteroatoms. The minimum Gasteiger partial charge on any atom is -0.481 e. The van der Waals surface area contributed by atoms with Crippen molar-refractivity contribution < 1.29 is 24.0 Å². The van der Waals surface area contributed by atoms with E-state index in [1.54, 1.807) is 12.1 Å². The molecule has 1 aromatic carbocycles. The van der Waals surface area contributed by atoms with Crippen LogP contribution in [-0.2, 0) is 9.59 Å². The molecule has 1 fully saturated rings. The molecule has 2 aromatic rings. The average Bonchev–Trinajstić information content (AvgIpc) is 3.21. The summed E-state index contributed by atoms with van der Waals surface area (Å²) in [5.41, 5.74) is 0.351. The number of carbonyl (C=O) groups is 2. The monoisotopic (exact) mass is 422 g/mol. The van der Waals surface area contributed by atoms with Gasteiger partial charge in [0.1, 0.15) is 16.8 Å². The number of furan rings is 1. The van der Waals surface area contributed by atoms with Crippen LogP contribution in [0.25, 0.3) is 11.3 Å². The second-order valence-electron chi connectivity index (χ2n) is 5.47. The van der Waals surface area contributed by atoms with Crippen molar-refractivity contribution in [2.75, 3.05) is 0 Å². The zero-order valence-electron chi connectivity index (χ0n) is 13.9. The first-order chi connectivity index (χ1) is 13.3. The lowest BCUT2D eigenvalue weighted by molar-refractivity contribution is -0.384. The normalized spacial score (nSPS) is 18.0. The Morgan fingerprint density at radius 2 is 2.21 bits per heavy atom. The number of carbonyl (C=O) groups excluding carboxylic acids is 1. The first-order valence-corrected chi connectivity index (χ1v) is 8.93. The second-order valence-corrected chi connectivity index (χ2v) is 7.07. The topological polar surface area (TPSA) is 147 Å². The molecule has 1 aliphatic rings. The summed E-state index contributed by atoms with van der Waals surface area (Å²) in [5.74, 6) is -0.788. The lowest BCUT2D eigenvalue weighted by Gasteiger charge is -2.00. The fourth-order valence-corrected chi connectivity index (χ4v) is 3.45. The minimum atomic E-state index is -1.08. The summed E-state index contributed by atoms with van der Waals surface area (Å²) in [6.07, 6.45) is 0.990. The van der Waals surface area contributed by atoms with Gasteiger partial charge in [0.15, 0.2) is 5.17 Å². The number of halogens is 1. The molecule has 0 bridgehead atoms. The van der Waals surface area contributed by atoms with E-state index in [1.165, 1.54) is 24.4 Å². The molecule has 1 saturated heterocycles. The SMILES string of the molecule is O=C(O)C[C@H]1S/C(=N\N=C/c2ccc(-c3ccc([N+](=O)[O-])cc3Cl)o2)NC1=O. The Morgan fingerprint density at radius 3 is 2.89 bits per heavy atom. The maximum atomic E-state index is 11.6. The van der Waals surface area contributed by atoms with Crippen molar-refractivity contribution in [2.45, 2.75) is 11.7 Å². The Bertz CT molecular complexity index is 1020. The van der Waals surface area contributed by atoms with Gasteiger partial charge in [0.2, 0.25) is 5.91 Å². The first-order valence-electron chi connectivity index (χ1n) is 7.68. The third-order valence-electron chi connectivity index (χ3n) is 3.53. The van der Waals surface area contributed by atoms with Crippen molar-refractivity contribution in [2.24, 2.45) is 10.2 Å². The standard InChI is InChI=1S/C16H11ClN4O6S/c17-11-5-8(21(25)26)1-3-10(11)12-4-2-9(27-12)7-18-20-16-19-15(24)13(28-16)6-14(22)23/h1-5,7,13H,6H2,(H,22,23)(H,19,20,24)/b18-7-/t13-/m1/s1. The van der Waals surface area contributed by atoms with E-state index in [0.29, 0.717) is 17.1 Å². The summed E-state index contributed by atoms with van der Waals surface area (Å²) < 4.78 is 5.57. The van der Waals surface area contributed by atoms with Crippen molar-refractivity contribution in [3.63, 3.8) is 0 Å². The number of nitrogens with one attached hydrogen (secondary N) is 1. The molecule has 0 radical (unpaired) electrons. The Hall–Kier alpha value is -3.18. The van der Waals surface area contributed by atoms with Gasteiger partial charge in [0.05, 0.1) is 22.6 Å². The van der Waals surface area contributed by atoms with Crippen LogP contribution >= 0.6 is 23.4 Å². The first kappa shape index (κ1) is 19.6. The van der Waals surface area contributed by atoms with Crippen molar-refractivity contribution in [1.29, 1.82) is 0 Å². The van der Waals surface area contributed by atoms with Crippen molar-refractivity contribution in [3.05, 3.63) is 51.2 Å². The van der Waals surface area contributed by atoms with Crippen LogP contribution in [0, 0.1) is 10.1 Å². The molecule has 10 nitrogen and oxygen atoms in total. The third-order valence-corrected chi connectivity index (χ3v) is 4.91. The minimum absolute atomic E-state index is 0.129. The molecule has 1 aromatic heterocycles. The van der Waals surface area contributed by atoms with Gasteiger partial charge in [-0.25, -0.2) is 0 Å². The summed E-state index contributed by atoms with van der Waals surface area (Å²) in [5, 5.41) is 29.2. The van der Waals surface area contributed by atoms with Gasteiger partial charge >= 0.3 is 5.97 Å². The summed E-state index contributed by atoms with van der Waals surface area (Å²) in [6, 6.07) is 7.25. The largest absolute Gasteiger partial charge is 0.481 e. The molecule has 2 N–H and O–H groups in total. The molecular formula is C16H11ClN4O6S. The second kappa shape index (κ2) is 8.23. The lowest BCUT2D eigenvalue weighted by Crippen LogP contribution is -2.26. The summed E-state index contributed by atoms with van der Waals surface area (Å²) >= 11 is 7.05. The van der Waals surface area contributed by atoms with Gasteiger partial charge in [-0.1, -0.05) is 23.4 Å². The maximum absolute atomic E-state index is 11.6. The van der Waals surface area contributed by atoms with E-state index in [2.05, 4.69) is 15.5 Å². The number of non-ortho nitro benzene ring substituents is 1. The van der Waals surface area contributed by atoms with E-state index in [4.69, 9.17) is 21.1 Å². The number of aliphatic carboxylic acids is 1. The van der Waals surface area contributed by atoms with Crippen LogP contribution in [-0.4, -0.2) is 38.5 Å². The van der Waals surface area contributed by atoms with Crippen LogP contribution in [0.3, 0.4) is 0 Å². The summed E-state index contributed by atoms with van der Waals surface area (Å²) in [4.78, 5) is 32.5. The fourth-order valence-electron chi connectivity index (χ4n) is 2.27. The van der Waals surface area contributed by atoms with Crippen LogP contribution < -0.4 is 5.32 Å². The Morgan fingerprint density at radius 1 is 1.43 bits per heavy atom. The van der Waals surface area contributed by atoms with E-state index in [-0.39, 0.29) is 22.3 Å². The molecule has 0 spiro atoms. The van der Waals surface area contributed by atoms with Gasteiger partial charge in [-0.15, -0.1) is 5.10 Å². The molecular weight excluding hydrogens is 412 g/mol. The molecule has 1 atom stereocenters. The van der Waals surface area contributed by atoms with Crippen LogP contribution in [0.1, 0.15) is 12.2 Å². The molecule has 2 heterocycles. The zero-order valence-corrected chi connectivity index (χ0v) is 15.4. The van der Waals surface area contributed by atoms with Crippen LogP contribution in [0.2, 0.25) is 5.02 Å². The molecule has 1 aliphatic heterocycles. The molecule has 0 aliphatic carbocycles. The maximum Gasteiger partial charge on any atom is 0.305 e. The van der Waals surface area contributed by atoms with E-state index >= 15 is 0 Å². The van der Waals surface area contributed by atoms with Gasteiger partial charge in [0.25, 0.3) is 5.69 Å². The van der Waals surface area contributed by atoms with Gasteiger partial charge in [-0.05, 0) is 18.2 Å². The number of rotatable bonds is 6. The van der Waals surface area contributed by atoms with E-state index in [0.717, 1.165) is 11.8 Å². The highest BCUT2D eigenvalue weighted by Crippen LogP contribution is 2.32. The number of hydrogen-bond donors (Lipinski definition) is 2. The van der Waals surface area contributed by atoms with Gasteiger partial charge in [-0.3, -0.25) is 19.7 Å². The number of nitro benzene ring substituents is 1.